The second-order valence-electron chi connectivity index (χ2n) is 3.84. The molecule has 1 amide bonds. The highest BCUT2D eigenvalue weighted by molar-refractivity contribution is 5.72. The summed E-state index contributed by atoms with van der Waals surface area (Å²) in [6.07, 6.45) is 2.12. The molecule has 17 heavy (non-hydrogen) atoms. The monoisotopic (exact) mass is 236 g/mol. The fraction of sp³-hybridized carbons (Fsp3) is 0.364. The van der Waals surface area contributed by atoms with Crippen LogP contribution in [-0.4, -0.2) is 39.7 Å². The first kappa shape index (κ1) is 11.4. The van der Waals surface area contributed by atoms with Crippen molar-refractivity contribution < 1.29 is 19.4 Å². The van der Waals surface area contributed by atoms with Gasteiger partial charge in [0.1, 0.15) is 6.10 Å². The number of carboxylic acid groups (broad SMARTS) is 1. The molecule has 1 aliphatic rings. The first-order valence-corrected chi connectivity index (χ1v) is 5.21. The highest BCUT2D eigenvalue weighted by Gasteiger charge is 2.32. The topological polar surface area (TPSA) is 79.7 Å². The standard InChI is InChI=1S/C11H12N2O4/c14-10(15)5-9-7-13(11(16)17-9)6-8-1-3-12-4-2-8/h1-4,9H,5-7H2,(H,14,15). The lowest BCUT2D eigenvalue weighted by Crippen LogP contribution is -2.25. The van der Waals surface area contributed by atoms with Crippen LogP contribution in [0.1, 0.15) is 12.0 Å². The highest BCUT2D eigenvalue weighted by atomic mass is 16.6. The van der Waals surface area contributed by atoms with E-state index in [2.05, 4.69) is 4.98 Å². The molecule has 1 N–H and O–H groups in total. The summed E-state index contributed by atoms with van der Waals surface area (Å²) in [6, 6.07) is 3.61. The van der Waals surface area contributed by atoms with Crippen molar-refractivity contribution in [1.82, 2.24) is 9.88 Å². The molecule has 0 saturated carbocycles. The molecule has 1 aliphatic heterocycles. The van der Waals surface area contributed by atoms with Crippen molar-refractivity contribution in [3.05, 3.63) is 30.1 Å². The lowest BCUT2D eigenvalue weighted by Gasteiger charge is -2.12. The van der Waals surface area contributed by atoms with Gasteiger partial charge in [0.25, 0.3) is 0 Å². The van der Waals surface area contributed by atoms with Crippen LogP contribution in [-0.2, 0) is 16.1 Å². The summed E-state index contributed by atoms with van der Waals surface area (Å²) >= 11 is 0. The molecule has 0 aromatic carbocycles. The number of hydrogen-bond acceptors (Lipinski definition) is 4. The molecule has 0 bridgehead atoms. The molecule has 1 fully saturated rings. The predicted molar refractivity (Wildman–Crippen MR) is 57.2 cm³/mol. The van der Waals surface area contributed by atoms with Gasteiger partial charge in [-0.25, -0.2) is 4.79 Å². The van der Waals surface area contributed by atoms with E-state index in [9.17, 15) is 9.59 Å². The van der Waals surface area contributed by atoms with Crippen molar-refractivity contribution in [2.75, 3.05) is 6.54 Å². The van der Waals surface area contributed by atoms with Crippen LogP contribution in [0.25, 0.3) is 0 Å². The van der Waals surface area contributed by atoms with E-state index in [0.717, 1.165) is 5.56 Å². The van der Waals surface area contributed by atoms with E-state index in [4.69, 9.17) is 9.84 Å². The van der Waals surface area contributed by atoms with Gasteiger partial charge in [-0.2, -0.15) is 0 Å². The molecular formula is C11H12N2O4. The van der Waals surface area contributed by atoms with E-state index in [1.807, 2.05) is 0 Å². The van der Waals surface area contributed by atoms with E-state index in [1.54, 1.807) is 24.5 Å². The van der Waals surface area contributed by atoms with Gasteiger partial charge in [-0.3, -0.25) is 9.78 Å². The Morgan fingerprint density at radius 1 is 1.53 bits per heavy atom. The molecule has 1 atom stereocenters. The number of carbonyl (C=O) groups excluding carboxylic acids is 1. The number of carbonyl (C=O) groups is 2. The number of carboxylic acids is 1. The average Bonchev–Trinajstić information content (AvgIpc) is 2.59. The Hall–Kier alpha value is -2.11. The molecule has 6 nitrogen and oxygen atoms in total. The zero-order chi connectivity index (χ0) is 12.3. The Morgan fingerprint density at radius 2 is 2.24 bits per heavy atom. The van der Waals surface area contributed by atoms with E-state index < -0.39 is 18.2 Å². The van der Waals surface area contributed by atoms with Gasteiger partial charge < -0.3 is 14.7 Å². The minimum Gasteiger partial charge on any atom is -0.481 e. The van der Waals surface area contributed by atoms with Gasteiger partial charge in [0.2, 0.25) is 0 Å². The van der Waals surface area contributed by atoms with Crippen LogP contribution in [0, 0.1) is 0 Å². The van der Waals surface area contributed by atoms with Gasteiger partial charge in [-0.15, -0.1) is 0 Å². The molecule has 1 saturated heterocycles. The molecule has 1 unspecified atom stereocenters. The van der Waals surface area contributed by atoms with Gasteiger partial charge >= 0.3 is 12.1 Å². The molecule has 0 aliphatic carbocycles. The molecule has 6 heteroatoms. The number of nitrogens with zero attached hydrogens (tertiary/aromatic N) is 2. The van der Waals surface area contributed by atoms with Gasteiger partial charge in [-0.1, -0.05) is 0 Å². The molecule has 2 heterocycles. The van der Waals surface area contributed by atoms with Gasteiger partial charge in [0, 0.05) is 18.9 Å². The average molecular weight is 236 g/mol. The number of aliphatic carboxylic acids is 1. The lowest BCUT2D eigenvalue weighted by molar-refractivity contribution is -0.138. The molecule has 0 radical (unpaired) electrons. The first-order valence-electron chi connectivity index (χ1n) is 5.21. The van der Waals surface area contributed by atoms with Crippen LogP contribution in [0.3, 0.4) is 0 Å². The molecular weight excluding hydrogens is 224 g/mol. The second kappa shape index (κ2) is 4.82. The van der Waals surface area contributed by atoms with Gasteiger partial charge in [0.15, 0.2) is 0 Å². The fourth-order valence-corrected chi connectivity index (χ4v) is 1.71. The fourth-order valence-electron chi connectivity index (χ4n) is 1.71. The Kier molecular flexibility index (Phi) is 3.22. The largest absolute Gasteiger partial charge is 0.481 e. The van der Waals surface area contributed by atoms with Gasteiger partial charge in [-0.05, 0) is 17.7 Å². The molecule has 1 aromatic rings. The first-order chi connectivity index (χ1) is 8.15. The normalized spacial score (nSPS) is 19.2. The maximum Gasteiger partial charge on any atom is 0.410 e. The van der Waals surface area contributed by atoms with E-state index in [0.29, 0.717) is 13.1 Å². The highest BCUT2D eigenvalue weighted by Crippen LogP contribution is 2.16. The smallest absolute Gasteiger partial charge is 0.410 e. The van der Waals surface area contributed by atoms with Crippen LogP contribution < -0.4 is 0 Å². The summed E-state index contributed by atoms with van der Waals surface area (Å²) in [6.45, 7) is 0.727. The molecule has 1 aromatic heterocycles. The maximum absolute atomic E-state index is 11.5. The number of ether oxygens (including phenoxy) is 1. The van der Waals surface area contributed by atoms with Crippen LogP contribution in [0.4, 0.5) is 4.79 Å². The van der Waals surface area contributed by atoms with Gasteiger partial charge in [0.05, 0.1) is 13.0 Å². The molecule has 2 rings (SSSR count). The number of pyridine rings is 1. The minimum absolute atomic E-state index is 0.154. The predicted octanol–water partition coefficient (Wildman–Crippen LogP) is 0.877. The summed E-state index contributed by atoms with van der Waals surface area (Å²) in [5.74, 6) is -0.964. The van der Waals surface area contributed by atoms with Crippen molar-refractivity contribution in [2.24, 2.45) is 0 Å². The number of rotatable bonds is 4. The zero-order valence-corrected chi connectivity index (χ0v) is 9.07. The van der Waals surface area contributed by atoms with Crippen LogP contribution >= 0.6 is 0 Å². The number of amides is 1. The van der Waals surface area contributed by atoms with Crippen molar-refractivity contribution >= 4 is 12.1 Å². The summed E-state index contributed by atoms with van der Waals surface area (Å²) in [5, 5.41) is 8.62. The number of cyclic esters (lactones) is 1. The summed E-state index contributed by atoms with van der Waals surface area (Å²) in [5.41, 5.74) is 0.938. The Morgan fingerprint density at radius 3 is 2.88 bits per heavy atom. The zero-order valence-electron chi connectivity index (χ0n) is 9.07. The molecule has 0 spiro atoms. The van der Waals surface area contributed by atoms with E-state index >= 15 is 0 Å². The third kappa shape index (κ3) is 2.93. The summed E-state index contributed by atoms with van der Waals surface area (Å²) in [4.78, 5) is 27.3. The quantitative estimate of drug-likeness (QED) is 0.839. The van der Waals surface area contributed by atoms with Crippen LogP contribution in [0.5, 0.6) is 0 Å². The maximum atomic E-state index is 11.5. The Balaban J connectivity index is 1.95. The lowest BCUT2D eigenvalue weighted by atomic mass is 10.2. The van der Waals surface area contributed by atoms with Crippen molar-refractivity contribution in [1.29, 1.82) is 0 Å². The minimum atomic E-state index is -0.964. The van der Waals surface area contributed by atoms with Crippen LogP contribution in [0.2, 0.25) is 0 Å². The van der Waals surface area contributed by atoms with Crippen molar-refractivity contribution in [2.45, 2.75) is 19.1 Å². The summed E-state index contributed by atoms with van der Waals surface area (Å²) < 4.78 is 4.95. The number of hydrogen-bond donors (Lipinski definition) is 1. The number of aromatic nitrogens is 1. The summed E-state index contributed by atoms with van der Waals surface area (Å²) in [7, 11) is 0. The Labute approximate surface area is 97.8 Å². The Bertz CT molecular complexity index is 421. The second-order valence-corrected chi connectivity index (χ2v) is 3.84. The third-order valence-corrected chi connectivity index (χ3v) is 2.47. The third-order valence-electron chi connectivity index (χ3n) is 2.47. The van der Waals surface area contributed by atoms with E-state index in [-0.39, 0.29) is 6.42 Å². The van der Waals surface area contributed by atoms with Crippen molar-refractivity contribution in [3.63, 3.8) is 0 Å². The van der Waals surface area contributed by atoms with Crippen molar-refractivity contribution in [3.8, 4) is 0 Å². The van der Waals surface area contributed by atoms with E-state index in [1.165, 1.54) is 4.90 Å². The SMILES string of the molecule is O=C(O)CC1CN(Cc2ccncc2)C(=O)O1. The molecule has 90 valence electrons. The van der Waals surface area contributed by atoms with Crippen LogP contribution in [0.15, 0.2) is 24.5 Å².